The van der Waals surface area contributed by atoms with Crippen LogP contribution in [-0.4, -0.2) is 6.54 Å². The first-order valence-corrected chi connectivity index (χ1v) is 7.27. The van der Waals surface area contributed by atoms with Gasteiger partial charge in [0, 0.05) is 10.0 Å². The minimum atomic E-state index is -0.532. The Morgan fingerprint density at radius 2 is 1.70 bits per heavy atom. The van der Waals surface area contributed by atoms with Crippen LogP contribution in [0, 0.1) is 18.6 Å². The second-order valence-electron chi connectivity index (χ2n) is 4.58. The molecule has 2 rings (SSSR count). The quantitative estimate of drug-likeness (QED) is 0.848. The number of hydrogen-bond acceptors (Lipinski definition) is 1. The van der Waals surface area contributed by atoms with E-state index in [4.69, 9.17) is 0 Å². The van der Waals surface area contributed by atoms with Crippen LogP contribution in [-0.2, 0) is 0 Å². The summed E-state index contributed by atoms with van der Waals surface area (Å²) in [6.07, 6.45) is 0. The Balaban J connectivity index is 2.60. The Bertz CT molecular complexity index is 593. The largest absolute Gasteiger partial charge is 0.306 e. The third kappa shape index (κ3) is 2.91. The smallest absolute Gasteiger partial charge is 0.131 e. The predicted molar refractivity (Wildman–Crippen MR) is 80.8 cm³/mol. The van der Waals surface area contributed by atoms with Crippen LogP contribution in [0.4, 0.5) is 8.78 Å². The van der Waals surface area contributed by atoms with Crippen molar-refractivity contribution < 1.29 is 8.78 Å². The highest BCUT2D eigenvalue weighted by Gasteiger charge is 2.22. The first kappa shape index (κ1) is 15.1. The van der Waals surface area contributed by atoms with Gasteiger partial charge in [-0.1, -0.05) is 41.1 Å². The van der Waals surface area contributed by atoms with Crippen LogP contribution in [0.3, 0.4) is 0 Å². The Kier molecular flexibility index (Phi) is 4.89. The number of nitrogens with one attached hydrogen (secondary N) is 1. The highest BCUT2D eigenvalue weighted by Crippen LogP contribution is 2.31. The van der Waals surface area contributed by atoms with Crippen LogP contribution < -0.4 is 5.32 Å². The molecule has 106 valence electrons. The molecule has 0 aliphatic carbocycles. The van der Waals surface area contributed by atoms with Crippen molar-refractivity contribution >= 4 is 15.9 Å². The fraction of sp³-hybridized carbons (Fsp3) is 0.250. The zero-order valence-corrected chi connectivity index (χ0v) is 13.0. The monoisotopic (exact) mass is 339 g/mol. The number of rotatable bonds is 4. The van der Waals surface area contributed by atoms with Crippen LogP contribution in [0.15, 0.2) is 40.9 Å². The van der Waals surface area contributed by atoms with E-state index >= 15 is 0 Å². The average molecular weight is 340 g/mol. The number of halogens is 3. The highest BCUT2D eigenvalue weighted by molar-refractivity contribution is 9.10. The van der Waals surface area contributed by atoms with Crippen molar-refractivity contribution in [2.24, 2.45) is 0 Å². The summed E-state index contributed by atoms with van der Waals surface area (Å²) in [5.74, 6) is -1.06. The maximum absolute atomic E-state index is 14.1. The van der Waals surface area contributed by atoms with E-state index in [2.05, 4.69) is 21.2 Å². The number of hydrogen-bond donors (Lipinski definition) is 1. The zero-order chi connectivity index (χ0) is 14.7. The van der Waals surface area contributed by atoms with E-state index < -0.39 is 17.7 Å². The minimum Gasteiger partial charge on any atom is -0.306 e. The van der Waals surface area contributed by atoms with Crippen molar-refractivity contribution in [1.82, 2.24) is 5.32 Å². The fourth-order valence-corrected chi connectivity index (χ4v) is 2.68. The first-order valence-electron chi connectivity index (χ1n) is 6.48. The van der Waals surface area contributed by atoms with E-state index in [-0.39, 0.29) is 5.56 Å². The van der Waals surface area contributed by atoms with Crippen LogP contribution in [0.1, 0.15) is 29.7 Å². The van der Waals surface area contributed by atoms with Crippen molar-refractivity contribution in [2.75, 3.05) is 6.54 Å². The predicted octanol–water partition coefficient (Wildman–Crippen LogP) is 4.73. The van der Waals surface area contributed by atoms with Gasteiger partial charge in [0.15, 0.2) is 0 Å². The van der Waals surface area contributed by atoms with Crippen LogP contribution >= 0.6 is 15.9 Å². The van der Waals surface area contributed by atoms with Crippen LogP contribution in [0.25, 0.3) is 0 Å². The van der Waals surface area contributed by atoms with Gasteiger partial charge in [0.2, 0.25) is 0 Å². The fourth-order valence-electron chi connectivity index (χ4n) is 2.30. The third-order valence-corrected chi connectivity index (χ3v) is 4.18. The lowest BCUT2D eigenvalue weighted by Gasteiger charge is -2.22. The van der Waals surface area contributed by atoms with Gasteiger partial charge in [-0.2, -0.15) is 0 Å². The van der Waals surface area contributed by atoms with Gasteiger partial charge >= 0.3 is 0 Å². The van der Waals surface area contributed by atoms with E-state index in [1.807, 2.05) is 32.0 Å². The minimum absolute atomic E-state index is 0.0653. The van der Waals surface area contributed by atoms with Gasteiger partial charge in [-0.25, -0.2) is 8.78 Å². The van der Waals surface area contributed by atoms with E-state index in [1.165, 1.54) is 18.2 Å². The Morgan fingerprint density at radius 3 is 2.30 bits per heavy atom. The van der Waals surface area contributed by atoms with E-state index in [0.29, 0.717) is 6.54 Å². The topological polar surface area (TPSA) is 12.0 Å². The molecule has 0 saturated heterocycles. The molecule has 0 fully saturated rings. The third-order valence-electron chi connectivity index (χ3n) is 3.32. The van der Waals surface area contributed by atoms with Crippen molar-refractivity contribution in [3.63, 3.8) is 0 Å². The second kappa shape index (κ2) is 6.46. The van der Waals surface area contributed by atoms with Gasteiger partial charge in [0.1, 0.15) is 11.6 Å². The molecule has 0 bridgehead atoms. The molecular formula is C16H16BrF2N. The first-order chi connectivity index (χ1) is 9.56. The van der Waals surface area contributed by atoms with Gasteiger partial charge < -0.3 is 5.32 Å². The Morgan fingerprint density at radius 1 is 1.10 bits per heavy atom. The molecule has 1 nitrogen and oxygen atoms in total. The normalized spacial score (nSPS) is 12.4. The molecule has 4 heteroatoms. The highest BCUT2D eigenvalue weighted by atomic mass is 79.9. The number of benzene rings is 2. The van der Waals surface area contributed by atoms with Crippen molar-refractivity contribution in [3.8, 4) is 0 Å². The molecule has 0 aromatic heterocycles. The lowest BCUT2D eigenvalue weighted by atomic mass is 9.94. The van der Waals surface area contributed by atoms with Gasteiger partial charge in [0.25, 0.3) is 0 Å². The van der Waals surface area contributed by atoms with Crippen LogP contribution in [0.5, 0.6) is 0 Å². The zero-order valence-electron chi connectivity index (χ0n) is 11.4. The molecule has 0 aliphatic rings. The molecule has 0 amide bonds. The molecule has 0 aliphatic heterocycles. The van der Waals surface area contributed by atoms with Crippen LogP contribution in [0.2, 0.25) is 0 Å². The second-order valence-corrected chi connectivity index (χ2v) is 5.43. The molecule has 0 radical (unpaired) electrons. The molecule has 1 atom stereocenters. The molecule has 1 unspecified atom stereocenters. The molecule has 0 spiro atoms. The maximum atomic E-state index is 14.1. The molecule has 0 heterocycles. The van der Waals surface area contributed by atoms with E-state index in [9.17, 15) is 8.78 Å². The van der Waals surface area contributed by atoms with E-state index in [0.717, 1.165) is 15.6 Å². The summed E-state index contributed by atoms with van der Waals surface area (Å²) in [4.78, 5) is 0. The standard InChI is InChI=1S/C16H16BrF2N/c1-3-20-16(11-6-4-7-12(17)10(11)2)15-13(18)8-5-9-14(15)19/h4-9,16,20H,3H2,1-2H3. The van der Waals surface area contributed by atoms with Gasteiger partial charge in [-0.15, -0.1) is 0 Å². The summed E-state index contributed by atoms with van der Waals surface area (Å²) in [5.41, 5.74) is 1.90. The Hall–Kier alpha value is -1.26. The summed E-state index contributed by atoms with van der Waals surface area (Å²) in [6.45, 7) is 4.46. The van der Waals surface area contributed by atoms with Crippen molar-refractivity contribution in [3.05, 3.63) is 69.2 Å². The van der Waals surface area contributed by atoms with E-state index in [1.54, 1.807) is 0 Å². The molecule has 1 N–H and O–H groups in total. The summed E-state index contributed by atoms with van der Waals surface area (Å²) in [5, 5.41) is 3.16. The molecule has 20 heavy (non-hydrogen) atoms. The van der Waals surface area contributed by atoms with Crippen molar-refractivity contribution in [2.45, 2.75) is 19.9 Å². The summed E-state index contributed by atoms with van der Waals surface area (Å²) in [7, 11) is 0. The van der Waals surface area contributed by atoms with Gasteiger partial charge in [0.05, 0.1) is 6.04 Å². The maximum Gasteiger partial charge on any atom is 0.131 e. The molecule has 2 aromatic rings. The molecule has 2 aromatic carbocycles. The van der Waals surface area contributed by atoms with Gasteiger partial charge in [-0.3, -0.25) is 0 Å². The summed E-state index contributed by atoms with van der Waals surface area (Å²) in [6, 6.07) is 9.13. The van der Waals surface area contributed by atoms with Gasteiger partial charge in [-0.05, 0) is 42.8 Å². The molecule has 0 saturated carbocycles. The SMILES string of the molecule is CCNC(c1cccc(Br)c1C)c1c(F)cccc1F. The summed E-state index contributed by atoms with van der Waals surface area (Å²) >= 11 is 3.46. The van der Waals surface area contributed by atoms with Crippen molar-refractivity contribution in [1.29, 1.82) is 0 Å². The Labute approximate surface area is 126 Å². The summed E-state index contributed by atoms with van der Waals surface area (Å²) < 4.78 is 29.0. The average Bonchev–Trinajstić information content (AvgIpc) is 2.41. The lowest BCUT2D eigenvalue weighted by Crippen LogP contribution is -2.25. The molecular weight excluding hydrogens is 324 g/mol. The lowest BCUT2D eigenvalue weighted by molar-refractivity contribution is 0.509.